The Hall–Kier alpha value is -3.55. The fraction of sp³-hybridized carbons (Fsp3) is 0.562. The van der Waals surface area contributed by atoms with E-state index in [-0.39, 0.29) is 24.3 Å². The summed E-state index contributed by atoms with van der Waals surface area (Å²) in [5, 5.41) is 0. The van der Waals surface area contributed by atoms with E-state index >= 15 is 4.39 Å². The van der Waals surface area contributed by atoms with Gasteiger partial charge in [-0.05, 0) is 64.9 Å². The van der Waals surface area contributed by atoms with Gasteiger partial charge >= 0.3 is 6.01 Å². The van der Waals surface area contributed by atoms with Crippen molar-refractivity contribution in [1.29, 1.82) is 0 Å². The molecule has 2 saturated heterocycles. The van der Waals surface area contributed by atoms with Crippen molar-refractivity contribution in [2.24, 2.45) is 0 Å². The third-order valence-corrected chi connectivity index (χ3v) is 9.80. The highest BCUT2D eigenvalue weighted by Gasteiger charge is 2.48. The summed E-state index contributed by atoms with van der Waals surface area (Å²) in [7, 11) is 4.19. The number of aryl methyl sites for hydroxylation is 1. The topological polar surface area (TPSA) is 69.4 Å². The quantitative estimate of drug-likeness (QED) is 0.388. The van der Waals surface area contributed by atoms with Gasteiger partial charge in [0.2, 0.25) is 12.5 Å². The van der Waals surface area contributed by atoms with Gasteiger partial charge in [-0.1, -0.05) is 18.7 Å². The van der Waals surface area contributed by atoms with E-state index in [2.05, 4.69) is 40.2 Å². The number of piperazine rings is 1. The molecule has 6 rings (SSSR count). The first-order chi connectivity index (χ1) is 20.2. The van der Waals surface area contributed by atoms with Crippen molar-refractivity contribution in [3.63, 3.8) is 0 Å². The number of nitrogens with zero attached hydrogens (tertiary/aromatic N) is 7. The molecule has 0 N–H and O–H groups in total. The number of ether oxygens (including phenoxy) is 1. The molecule has 1 spiro atoms. The molecule has 9 nitrogen and oxygen atoms in total. The zero-order chi connectivity index (χ0) is 29.6. The van der Waals surface area contributed by atoms with Crippen LogP contribution in [0.4, 0.5) is 10.2 Å². The Morgan fingerprint density at radius 3 is 2.81 bits per heavy atom. The van der Waals surface area contributed by atoms with E-state index in [1.165, 1.54) is 0 Å². The van der Waals surface area contributed by atoms with Crippen LogP contribution in [-0.4, -0.2) is 96.1 Å². The van der Waals surface area contributed by atoms with Crippen LogP contribution < -0.4 is 9.64 Å². The fourth-order valence-corrected chi connectivity index (χ4v) is 7.44. The Labute approximate surface area is 247 Å². The van der Waals surface area contributed by atoms with E-state index in [1.54, 1.807) is 24.0 Å². The number of aromatic nitrogens is 2. The van der Waals surface area contributed by atoms with Crippen molar-refractivity contribution in [2.45, 2.75) is 63.2 Å². The maximum Gasteiger partial charge on any atom is 0.318 e. The SMILES string of the molecule is [C-]#[N+]C[C@H]1CN(c2nc(OC[C@@H]3CCCN3C)nc3c2CN(C)C2(CCc4cccc(F)c42)C3)CCN1C(=O)C(=C)C. The minimum Gasteiger partial charge on any atom is -0.462 e. The first-order valence-electron chi connectivity index (χ1n) is 15.0. The lowest BCUT2D eigenvalue weighted by Crippen LogP contribution is -2.57. The normalized spacial score (nSPS) is 25.8. The van der Waals surface area contributed by atoms with Crippen LogP contribution in [0.2, 0.25) is 0 Å². The van der Waals surface area contributed by atoms with E-state index in [0.29, 0.717) is 56.8 Å². The van der Waals surface area contributed by atoms with E-state index in [1.807, 2.05) is 6.07 Å². The van der Waals surface area contributed by atoms with Gasteiger partial charge in [-0.3, -0.25) is 9.69 Å². The Morgan fingerprint density at radius 2 is 2.07 bits per heavy atom. The number of carbonyl (C=O) groups excluding carboxylic acids is 1. The van der Waals surface area contributed by atoms with E-state index in [0.717, 1.165) is 60.4 Å². The van der Waals surface area contributed by atoms with Crippen molar-refractivity contribution in [3.05, 3.63) is 70.0 Å². The second-order valence-corrected chi connectivity index (χ2v) is 12.4. The van der Waals surface area contributed by atoms with Crippen molar-refractivity contribution >= 4 is 11.7 Å². The van der Waals surface area contributed by atoms with Crippen LogP contribution in [-0.2, 0) is 29.7 Å². The van der Waals surface area contributed by atoms with E-state index < -0.39 is 5.54 Å². The summed E-state index contributed by atoms with van der Waals surface area (Å²) in [4.78, 5) is 35.0. The summed E-state index contributed by atoms with van der Waals surface area (Å²) >= 11 is 0. The molecular formula is C32H40FN7O2. The van der Waals surface area contributed by atoms with Gasteiger partial charge in [0.15, 0.2) is 0 Å². The Balaban J connectivity index is 1.37. The zero-order valence-electron chi connectivity index (χ0n) is 24.9. The number of carbonyl (C=O) groups is 1. The number of halogens is 1. The molecule has 4 heterocycles. The molecule has 4 aliphatic rings. The first-order valence-corrected chi connectivity index (χ1v) is 15.0. The molecule has 3 atom stereocenters. The molecule has 3 aliphatic heterocycles. The van der Waals surface area contributed by atoms with Gasteiger partial charge in [-0.15, -0.1) is 0 Å². The predicted molar refractivity (Wildman–Crippen MR) is 159 cm³/mol. The van der Waals surface area contributed by atoms with Crippen molar-refractivity contribution in [2.75, 3.05) is 58.3 Å². The van der Waals surface area contributed by atoms with Gasteiger partial charge in [0.25, 0.3) is 0 Å². The van der Waals surface area contributed by atoms with Crippen molar-refractivity contribution in [3.8, 4) is 6.01 Å². The third-order valence-electron chi connectivity index (χ3n) is 9.80. The average Bonchev–Trinajstić information content (AvgIpc) is 3.56. The van der Waals surface area contributed by atoms with E-state index in [4.69, 9.17) is 21.3 Å². The number of hydrogen-bond donors (Lipinski definition) is 0. The van der Waals surface area contributed by atoms with E-state index in [9.17, 15) is 4.79 Å². The van der Waals surface area contributed by atoms with Crippen LogP contribution in [0.25, 0.3) is 4.85 Å². The lowest BCUT2D eigenvalue weighted by Gasteiger charge is -2.46. The Kier molecular flexibility index (Phi) is 7.66. The Morgan fingerprint density at radius 1 is 1.24 bits per heavy atom. The minimum atomic E-state index is -0.471. The highest BCUT2D eigenvalue weighted by molar-refractivity contribution is 5.92. The maximum absolute atomic E-state index is 15.4. The minimum absolute atomic E-state index is 0.110. The highest BCUT2D eigenvalue weighted by Crippen LogP contribution is 2.49. The van der Waals surface area contributed by atoms with Gasteiger partial charge in [0.05, 0.1) is 11.2 Å². The summed E-state index contributed by atoms with van der Waals surface area (Å²) in [6.07, 6.45) is 4.46. The lowest BCUT2D eigenvalue weighted by molar-refractivity contribution is -0.129. The summed E-state index contributed by atoms with van der Waals surface area (Å²) in [5.74, 6) is 0.526. The monoisotopic (exact) mass is 573 g/mol. The number of rotatable bonds is 6. The molecule has 0 saturated carbocycles. The predicted octanol–water partition coefficient (Wildman–Crippen LogP) is 3.43. The Bertz CT molecular complexity index is 1440. The van der Waals surface area contributed by atoms with Gasteiger partial charge < -0.3 is 24.3 Å². The summed E-state index contributed by atoms with van der Waals surface area (Å²) in [5.41, 5.74) is 3.77. The molecule has 222 valence electrons. The number of anilines is 1. The fourth-order valence-electron chi connectivity index (χ4n) is 7.44. The smallest absolute Gasteiger partial charge is 0.318 e. The van der Waals surface area contributed by atoms with Crippen LogP contribution in [0.1, 0.15) is 48.6 Å². The van der Waals surface area contributed by atoms with Gasteiger partial charge in [-0.25, -0.2) is 11.0 Å². The molecular weight excluding hydrogens is 533 g/mol. The molecule has 0 radical (unpaired) electrons. The highest BCUT2D eigenvalue weighted by atomic mass is 19.1. The van der Waals surface area contributed by atoms with Crippen LogP contribution in [0, 0.1) is 12.4 Å². The average molecular weight is 574 g/mol. The molecule has 1 aliphatic carbocycles. The standard InChI is InChI=1S/C32H40FN7O2/c1-21(2)30(41)40-15-14-39(18-24(40)17-34-3)29-25-19-38(5)32(12-11-22-8-6-10-26(33)28(22)32)16-27(25)35-31(36-29)42-20-23-9-7-13-37(23)4/h6,8,10,23-24H,1,7,9,11-20H2,2,4-5H3/t23-,24-,32?/m0/s1. The third kappa shape index (κ3) is 4.92. The number of likely N-dealkylation sites (tertiary alicyclic amines) is 1. The van der Waals surface area contributed by atoms with Crippen LogP contribution in [0.5, 0.6) is 6.01 Å². The van der Waals surface area contributed by atoms with Crippen LogP contribution in [0.15, 0.2) is 30.4 Å². The zero-order valence-corrected chi connectivity index (χ0v) is 24.9. The second-order valence-electron chi connectivity index (χ2n) is 12.4. The van der Waals surface area contributed by atoms with Crippen LogP contribution >= 0.6 is 0 Å². The van der Waals surface area contributed by atoms with Gasteiger partial charge in [-0.2, -0.15) is 9.97 Å². The summed E-state index contributed by atoms with van der Waals surface area (Å²) < 4.78 is 21.7. The number of amides is 1. The number of fused-ring (bicyclic) bond motifs is 3. The van der Waals surface area contributed by atoms with Gasteiger partial charge in [0, 0.05) is 55.3 Å². The first kappa shape index (κ1) is 28.6. The molecule has 0 bridgehead atoms. The largest absolute Gasteiger partial charge is 0.462 e. The number of likely N-dealkylation sites (N-methyl/N-ethyl adjacent to an activating group) is 2. The van der Waals surface area contributed by atoms with Gasteiger partial charge in [0.1, 0.15) is 24.3 Å². The maximum atomic E-state index is 15.4. The van der Waals surface area contributed by atoms with Crippen molar-refractivity contribution < 1.29 is 13.9 Å². The molecule has 2 fully saturated rings. The number of hydrogen-bond acceptors (Lipinski definition) is 7. The lowest BCUT2D eigenvalue weighted by atomic mass is 9.80. The molecule has 1 aromatic heterocycles. The molecule has 1 unspecified atom stereocenters. The second kappa shape index (κ2) is 11.3. The molecule has 42 heavy (non-hydrogen) atoms. The molecule has 10 heteroatoms. The summed E-state index contributed by atoms with van der Waals surface area (Å²) in [6.45, 7) is 17.0. The number of benzene rings is 1. The molecule has 2 aromatic rings. The summed E-state index contributed by atoms with van der Waals surface area (Å²) in [6, 6.07) is 5.80. The molecule has 1 amide bonds. The molecule has 1 aromatic carbocycles. The van der Waals surface area contributed by atoms with Crippen molar-refractivity contribution in [1.82, 2.24) is 24.7 Å². The van der Waals surface area contributed by atoms with Crippen LogP contribution in [0.3, 0.4) is 0 Å².